The van der Waals surface area contributed by atoms with Crippen molar-refractivity contribution in [1.29, 1.82) is 0 Å². The second-order valence-electron chi connectivity index (χ2n) is 8.00. The fourth-order valence-electron chi connectivity index (χ4n) is 4.57. The van der Waals surface area contributed by atoms with E-state index in [2.05, 4.69) is 33.9 Å². The molecule has 30 heavy (non-hydrogen) atoms. The molecule has 1 N–H and O–H groups in total. The maximum absolute atomic E-state index is 12.2. The van der Waals surface area contributed by atoms with E-state index in [0.29, 0.717) is 13.1 Å². The molecule has 1 aromatic heterocycles. The largest absolute Gasteiger partial charge is 0.395 e. The average molecular weight is 426 g/mol. The molecule has 0 spiro atoms. The van der Waals surface area contributed by atoms with Gasteiger partial charge < -0.3 is 5.11 Å². The third-order valence-electron chi connectivity index (χ3n) is 6.10. The van der Waals surface area contributed by atoms with Gasteiger partial charge in [0.15, 0.2) is 0 Å². The highest BCUT2D eigenvalue weighted by molar-refractivity contribution is 7.88. The number of benzene rings is 1. The first kappa shape index (κ1) is 21.0. The minimum absolute atomic E-state index is 0.0277. The fraction of sp³-hybridized carbons (Fsp3) is 0.435. The lowest BCUT2D eigenvalue weighted by Crippen LogP contribution is -2.67. The molecule has 3 atom stereocenters. The summed E-state index contributed by atoms with van der Waals surface area (Å²) in [5, 5.41) is 10.0. The smallest absolute Gasteiger partial charge is 0.211 e. The van der Waals surface area contributed by atoms with E-state index in [9.17, 15) is 13.5 Å². The van der Waals surface area contributed by atoms with Crippen molar-refractivity contribution in [1.82, 2.24) is 14.2 Å². The molecule has 7 heteroatoms. The molecule has 2 fully saturated rings. The highest BCUT2D eigenvalue weighted by atomic mass is 32.2. The van der Waals surface area contributed by atoms with Gasteiger partial charge in [-0.1, -0.05) is 24.1 Å². The van der Waals surface area contributed by atoms with Gasteiger partial charge in [-0.25, -0.2) is 17.7 Å². The highest BCUT2D eigenvalue weighted by Crippen LogP contribution is 2.42. The highest BCUT2D eigenvalue weighted by Gasteiger charge is 2.49. The summed E-state index contributed by atoms with van der Waals surface area (Å²) in [4.78, 5) is 6.49. The number of hydrogen-bond donors (Lipinski definition) is 1. The van der Waals surface area contributed by atoms with Gasteiger partial charge >= 0.3 is 0 Å². The van der Waals surface area contributed by atoms with Crippen molar-refractivity contribution in [3.63, 3.8) is 0 Å². The van der Waals surface area contributed by atoms with Crippen LogP contribution in [0.2, 0.25) is 0 Å². The summed E-state index contributed by atoms with van der Waals surface area (Å²) in [5.41, 5.74) is 2.75. The number of aromatic nitrogens is 1. The van der Waals surface area contributed by atoms with E-state index in [1.807, 2.05) is 30.3 Å². The Bertz CT molecular complexity index is 1030. The zero-order valence-corrected chi connectivity index (χ0v) is 17.9. The number of fused-ring (bicyclic) bond motifs is 1. The molecule has 4 rings (SSSR count). The zero-order valence-electron chi connectivity index (χ0n) is 17.1. The molecule has 2 aliphatic rings. The summed E-state index contributed by atoms with van der Waals surface area (Å²) < 4.78 is 26.0. The summed E-state index contributed by atoms with van der Waals surface area (Å²) in [7, 11) is -3.24. The van der Waals surface area contributed by atoms with Crippen molar-refractivity contribution in [2.24, 2.45) is 0 Å². The molecule has 2 saturated heterocycles. The van der Waals surface area contributed by atoms with E-state index in [4.69, 9.17) is 0 Å². The van der Waals surface area contributed by atoms with Crippen LogP contribution < -0.4 is 0 Å². The topological polar surface area (TPSA) is 73.7 Å². The first-order chi connectivity index (χ1) is 14.5. The molecule has 3 heterocycles. The lowest BCUT2D eigenvalue weighted by molar-refractivity contribution is -0.0553. The first-order valence-corrected chi connectivity index (χ1v) is 12.2. The van der Waals surface area contributed by atoms with Crippen molar-refractivity contribution in [3.05, 3.63) is 65.5 Å². The van der Waals surface area contributed by atoms with Crippen molar-refractivity contribution in [2.75, 3.05) is 32.5 Å². The van der Waals surface area contributed by atoms with Crippen LogP contribution in [-0.2, 0) is 10.0 Å². The molecule has 6 nitrogen and oxygen atoms in total. The Morgan fingerprint density at radius 3 is 2.53 bits per heavy atom. The SMILES string of the molecule is CS(=O)(=O)N1CCCCN2[C@@H](CO)[C@H](c3ccc(C#Cc4ccccn4)cc3)[C@@H]2C1. The van der Waals surface area contributed by atoms with Gasteiger partial charge in [-0.15, -0.1) is 0 Å². The molecular formula is C23H27N3O3S. The van der Waals surface area contributed by atoms with E-state index in [-0.39, 0.29) is 24.6 Å². The number of rotatable bonds is 3. The van der Waals surface area contributed by atoms with Gasteiger partial charge in [0.05, 0.1) is 12.9 Å². The predicted octanol–water partition coefficient (Wildman–Crippen LogP) is 1.67. The predicted molar refractivity (Wildman–Crippen MR) is 116 cm³/mol. The van der Waals surface area contributed by atoms with Gasteiger partial charge in [0.1, 0.15) is 5.69 Å². The molecule has 0 saturated carbocycles. The van der Waals surface area contributed by atoms with Crippen LogP contribution in [0.3, 0.4) is 0 Å². The minimum atomic E-state index is -3.24. The normalized spacial score (nSPS) is 25.2. The molecule has 2 aliphatic heterocycles. The summed E-state index contributed by atoms with van der Waals surface area (Å²) in [6.45, 7) is 2.02. The molecule has 0 radical (unpaired) electrons. The zero-order chi connectivity index (χ0) is 21.1. The van der Waals surface area contributed by atoms with Crippen molar-refractivity contribution < 1.29 is 13.5 Å². The first-order valence-electron chi connectivity index (χ1n) is 10.3. The van der Waals surface area contributed by atoms with Crippen LogP contribution in [0.5, 0.6) is 0 Å². The molecule has 0 amide bonds. The van der Waals surface area contributed by atoms with E-state index in [0.717, 1.165) is 36.2 Å². The number of sulfonamides is 1. The maximum atomic E-state index is 12.2. The number of pyridine rings is 1. The van der Waals surface area contributed by atoms with Crippen LogP contribution in [0.4, 0.5) is 0 Å². The van der Waals surface area contributed by atoms with Crippen LogP contribution in [0.1, 0.15) is 35.6 Å². The monoisotopic (exact) mass is 425 g/mol. The molecule has 0 bridgehead atoms. The average Bonchev–Trinajstić information content (AvgIpc) is 2.72. The molecule has 158 valence electrons. The Kier molecular flexibility index (Phi) is 6.21. The maximum Gasteiger partial charge on any atom is 0.211 e. The van der Waals surface area contributed by atoms with Gasteiger partial charge in [-0.3, -0.25) is 4.90 Å². The number of aliphatic hydroxyl groups excluding tert-OH is 1. The van der Waals surface area contributed by atoms with Crippen LogP contribution in [0.15, 0.2) is 48.7 Å². The summed E-state index contributed by atoms with van der Waals surface area (Å²) >= 11 is 0. The summed E-state index contributed by atoms with van der Waals surface area (Å²) in [6.07, 6.45) is 4.79. The van der Waals surface area contributed by atoms with E-state index < -0.39 is 10.0 Å². The van der Waals surface area contributed by atoms with Gasteiger partial charge in [0.2, 0.25) is 10.0 Å². The lowest BCUT2D eigenvalue weighted by atomic mass is 9.74. The molecular weight excluding hydrogens is 398 g/mol. The minimum Gasteiger partial charge on any atom is -0.395 e. The van der Waals surface area contributed by atoms with Gasteiger partial charge in [-0.05, 0) is 55.1 Å². The van der Waals surface area contributed by atoms with Crippen LogP contribution in [0, 0.1) is 11.8 Å². The number of nitrogens with zero attached hydrogens (tertiary/aromatic N) is 3. The van der Waals surface area contributed by atoms with Crippen LogP contribution >= 0.6 is 0 Å². The Labute approximate surface area is 178 Å². The third-order valence-corrected chi connectivity index (χ3v) is 7.37. The Morgan fingerprint density at radius 1 is 1.10 bits per heavy atom. The molecule has 1 aromatic carbocycles. The molecule has 2 aromatic rings. The standard InChI is InChI=1S/C23H27N3O3S/c1-30(28,29)25-14-4-5-15-26-21(16-25)23(22(26)17-27)19-10-7-18(8-11-19)9-12-20-6-2-3-13-24-20/h2-3,6-8,10-11,13,21-23,27H,4-5,14-17H2,1H3/t21-,22-,23+/m0/s1. The number of hydrogen-bond acceptors (Lipinski definition) is 5. The second kappa shape index (κ2) is 8.86. The lowest BCUT2D eigenvalue weighted by Gasteiger charge is -2.57. The van der Waals surface area contributed by atoms with Gasteiger partial charge in [-0.2, -0.15) is 0 Å². The Balaban J connectivity index is 1.55. The summed E-state index contributed by atoms with van der Waals surface area (Å²) in [6, 6.07) is 13.8. The van der Waals surface area contributed by atoms with Gasteiger partial charge in [0.25, 0.3) is 0 Å². The van der Waals surface area contributed by atoms with E-state index in [1.54, 1.807) is 10.5 Å². The number of aliphatic hydroxyl groups is 1. The van der Waals surface area contributed by atoms with Crippen LogP contribution in [0.25, 0.3) is 0 Å². The Morgan fingerprint density at radius 2 is 1.87 bits per heavy atom. The second-order valence-corrected chi connectivity index (χ2v) is 9.98. The van der Waals surface area contributed by atoms with Crippen molar-refractivity contribution >= 4 is 10.0 Å². The molecule has 0 aliphatic carbocycles. The summed E-state index contributed by atoms with van der Waals surface area (Å²) in [5.74, 6) is 6.29. The Hall–Kier alpha value is -2.24. The fourth-order valence-corrected chi connectivity index (χ4v) is 5.46. The third kappa shape index (κ3) is 4.42. The molecule has 0 unspecified atom stereocenters. The van der Waals surface area contributed by atoms with Crippen molar-refractivity contribution in [3.8, 4) is 11.8 Å². The van der Waals surface area contributed by atoms with E-state index >= 15 is 0 Å². The van der Waals surface area contributed by atoms with Gasteiger partial charge in [0, 0.05) is 42.9 Å². The van der Waals surface area contributed by atoms with E-state index in [1.165, 1.54) is 6.26 Å². The van der Waals surface area contributed by atoms with Crippen molar-refractivity contribution in [2.45, 2.75) is 30.8 Å². The van der Waals surface area contributed by atoms with Crippen LogP contribution in [-0.4, -0.2) is 72.3 Å². The quantitative estimate of drug-likeness (QED) is 0.758.